The average molecular weight is 363 g/mol. The van der Waals surface area contributed by atoms with Crippen LogP contribution in [-0.2, 0) is 0 Å². The van der Waals surface area contributed by atoms with Gasteiger partial charge < -0.3 is 5.32 Å². The Morgan fingerprint density at radius 3 is 2.70 bits per heavy atom. The number of carbonyl (C=O) groups is 1. The average Bonchev–Trinajstić information content (AvgIpc) is 2.41. The molecule has 110 valence electrons. The lowest BCUT2D eigenvalue weighted by atomic mass is 9.78. The Bertz CT molecular complexity index is 501. The fraction of sp³-hybridized carbons (Fsp3) is 0.533. The van der Waals surface area contributed by atoms with Gasteiger partial charge in [0.1, 0.15) is 5.82 Å². The first-order valence-electron chi connectivity index (χ1n) is 6.79. The van der Waals surface area contributed by atoms with E-state index in [1.165, 1.54) is 18.2 Å². The highest BCUT2D eigenvalue weighted by Crippen LogP contribution is 2.33. The summed E-state index contributed by atoms with van der Waals surface area (Å²) in [4.78, 5) is 12.3. The molecule has 1 fully saturated rings. The van der Waals surface area contributed by atoms with E-state index in [0.29, 0.717) is 16.3 Å². The zero-order valence-electron chi connectivity index (χ0n) is 11.4. The number of benzene rings is 1. The normalized spacial score (nSPS) is 26.3. The predicted molar refractivity (Wildman–Crippen MR) is 83.0 cm³/mol. The maximum atomic E-state index is 13.8. The lowest BCUT2D eigenvalue weighted by Crippen LogP contribution is -2.52. The van der Waals surface area contributed by atoms with Crippen molar-refractivity contribution < 1.29 is 9.18 Å². The van der Waals surface area contributed by atoms with Crippen molar-refractivity contribution >= 4 is 33.4 Å². The highest BCUT2D eigenvalue weighted by molar-refractivity contribution is 9.09. The molecule has 0 unspecified atom stereocenters. The number of hydrogen-bond acceptors (Lipinski definition) is 1. The van der Waals surface area contributed by atoms with Crippen LogP contribution in [0.4, 0.5) is 4.39 Å². The van der Waals surface area contributed by atoms with Crippen molar-refractivity contribution in [3.63, 3.8) is 0 Å². The lowest BCUT2D eigenvalue weighted by molar-refractivity contribution is 0.0870. The number of amides is 1. The molecule has 0 bridgehead atoms. The van der Waals surface area contributed by atoms with Gasteiger partial charge in [-0.15, -0.1) is 0 Å². The minimum absolute atomic E-state index is 0.0494. The Labute approximate surface area is 132 Å². The molecule has 5 heteroatoms. The van der Waals surface area contributed by atoms with Gasteiger partial charge in [-0.05, 0) is 49.8 Å². The molecule has 1 aromatic rings. The first-order valence-corrected chi connectivity index (χ1v) is 8.29. The first kappa shape index (κ1) is 15.8. The van der Waals surface area contributed by atoms with E-state index in [2.05, 4.69) is 28.2 Å². The van der Waals surface area contributed by atoms with E-state index in [-0.39, 0.29) is 17.0 Å². The van der Waals surface area contributed by atoms with Gasteiger partial charge in [0.2, 0.25) is 0 Å². The molecule has 1 aliphatic carbocycles. The molecule has 1 aromatic carbocycles. The summed E-state index contributed by atoms with van der Waals surface area (Å²) in [5, 5.41) is 3.99. The van der Waals surface area contributed by atoms with Crippen LogP contribution in [0.25, 0.3) is 0 Å². The third-order valence-electron chi connectivity index (χ3n) is 4.04. The van der Waals surface area contributed by atoms with Crippen LogP contribution in [0.2, 0.25) is 5.02 Å². The molecule has 20 heavy (non-hydrogen) atoms. The maximum Gasteiger partial charge on any atom is 0.254 e. The second-order valence-electron chi connectivity index (χ2n) is 5.67. The first-order chi connectivity index (χ1) is 9.46. The fourth-order valence-corrected chi connectivity index (χ4v) is 3.45. The van der Waals surface area contributed by atoms with Crippen LogP contribution in [0.5, 0.6) is 0 Å². The molecular formula is C15H18BrClFNO. The van der Waals surface area contributed by atoms with Gasteiger partial charge in [-0.3, -0.25) is 4.79 Å². The second kappa shape index (κ2) is 6.44. The summed E-state index contributed by atoms with van der Waals surface area (Å²) in [6, 6.07) is 4.13. The molecule has 0 saturated heterocycles. The number of halogens is 3. The fourth-order valence-electron chi connectivity index (χ4n) is 2.59. The van der Waals surface area contributed by atoms with Crippen molar-refractivity contribution in [1.29, 1.82) is 0 Å². The van der Waals surface area contributed by atoms with Gasteiger partial charge in [-0.2, -0.15) is 0 Å². The number of carbonyl (C=O) groups excluding carboxylic acids is 1. The van der Waals surface area contributed by atoms with Gasteiger partial charge in [0.15, 0.2) is 0 Å². The summed E-state index contributed by atoms with van der Waals surface area (Å²) in [5.41, 5.74) is -0.219. The van der Waals surface area contributed by atoms with E-state index in [9.17, 15) is 9.18 Å². The Morgan fingerprint density at radius 2 is 2.15 bits per heavy atom. The largest absolute Gasteiger partial charge is 0.346 e. The molecule has 1 N–H and O–H groups in total. The van der Waals surface area contributed by atoms with Gasteiger partial charge >= 0.3 is 0 Å². The Morgan fingerprint density at radius 1 is 1.50 bits per heavy atom. The Balaban J connectivity index is 2.13. The van der Waals surface area contributed by atoms with Crippen LogP contribution in [0.3, 0.4) is 0 Å². The summed E-state index contributed by atoms with van der Waals surface area (Å²) >= 11 is 9.19. The third kappa shape index (κ3) is 3.53. The van der Waals surface area contributed by atoms with Crippen molar-refractivity contribution in [2.24, 2.45) is 5.92 Å². The maximum absolute atomic E-state index is 13.8. The predicted octanol–water partition coefficient (Wildman–Crippen LogP) is 4.55. The minimum atomic E-state index is -0.580. The van der Waals surface area contributed by atoms with Gasteiger partial charge in [0, 0.05) is 10.4 Å². The highest BCUT2D eigenvalue weighted by atomic mass is 79.9. The van der Waals surface area contributed by atoms with Crippen molar-refractivity contribution in [1.82, 2.24) is 5.32 Å². The molecule has 0 spiro atoms. The van der Waals surface area contributed by atoms with Crippen molar-refractivity contribution in [3.05, 3.63) is 34.6 Å². The topological polar surface area (TPSA) is 29.1 Å². The summed E-state index contributed by atoms with van der Waals surface area (Å²) in [7, 11) is 0. The molecule has 0 aromatic heterocycles. The van der Waals surface area contributed by atoms with E-state index in [1.54, 1.807) is 0 Å². The molecule has 1 aliphatic rings. The Hall–Kier alpha value is -0.610. The van der Waals surface area contributed by atoms with E-state index >= 15 is 0 Å². The summed E-state index contributed by atoms with van der Waals surface area (Å²) in [6.07, 6.45) is 3.99. The monoisotopic (exact) mass is 361 g/mol. The van der Waals surface area contributed by atoms with E-state index in [1.807, 2.05) is 0 Å². The number of hydrogen-bond donors (Lipinski definition) is 1. The van der Waals surface area contributed by atoms with Gasteiger partial charge in [0.25, 0.3) is 5.91 Å². The van der Waals surface area contributed by atoms with Crippen LogP contribution in [-0.4, -0.2) is 16.8 Å². The quantitative estimate of drug-likeness (QED) is 0.785. The molecule has 0 radical (unpaired) electrons. The van der Waals surface area contributed by atoms with Gasteiger partial charge in [0.05, 0.1) is 11.1 Å². The molecular weight excluding hydrogens is 345 g/mol. The standard InChI is InChI=1S/C15H18BrClFNO/c1-10-4-6-15(9-16,7-5-10)19-14(20)12-3-2-11(17)8-13(12)18/h2-3,8,10H,4-7,9H2,1H3,(H,19,20). The van der Waals surface area contributed by atoms with Crippen LogP contribution >= 0.6 is 27.5 Å². The molecule has 1 amide bonds. The smallest absolute Gasteiger partial charge is 0.254 e. The van der Waals surface area contributed by atoms with Crippen LogP contribution < -0.4 is 5.32 Å². The number of alkyl halides is 1. The SMILES string of the molecule is CC1CCC(CBr)(NC(=O)c2ccc(Cl)cc2F)CC1. The van der Waals surface area contributed by atoms with Crippen molar-refractivity contribution in [2.45, 2.75) is 38.1 Å². The van der Waals surface area contributed by atoms with Crippen molar-refractivity contribution in [2.75, 3.05) is 5.33 Å². The van der Waals surface area contributed by atoms with Gasteiger partial charge in [-0.25, -0.2) is 4.39 Å². The minimum Gasteiger partial charge on any atom is -0.346 e. The van der Waals surface area contributed by atoms with E-state index in [0.717, 1.165) is 25.7 Å². The molecule has 0 atom stereocenters. The lowest BCUT2D eigenvalue weighted by Gasteiger charge is -2.39. The second-order valence-corrected chi connectivity index (χ2v) is 6.67. The van der Waals surface area contributed by atoms with E-state index in [4.69, 9.17) is 11.6 Å². The summed E-state index contributed by atoms with van der Waals surface area (Å²) in [5.74, 6) is -0.261. The Kier molecular flexibility index (Phi) is 5.08. The highest BCUT2D eigenvalue weighted by Gasteiger charge is 2.35. The zero-order valence-corrected chi connectivity index (χ0v) is 13.7. The zero-order chi connectivity index (χ0) is 14.8. The van der Waals surface area contributed by atoms with Crippen molar-refractivity contribution in [3.8, 4) is 0 Å². The molecule has 0 aliphatic heterocycles. The molecule has 1 saturated carbocycles. The number of rotatable bonds is 3. The number of nitrogens with one attached hydrogen (secondary N) is 1. The summed E-state index contributed by atoms with van der Waals surface area (Å²) in [6.45, 7) is 2.22. The molecule has 2 nitrogen and oxygen atoms in total. The van der Waals surface area contributed by atoms with E-state index < -0.39 is 5.82 Å². The van der Waals surface area contributed by atoms with Crippen LogP contribution in [0, 0.1) is 11.7 Å². The third-order valence-corrected chi connectivity index (χ3v) is 5.35. The van der Waals surface area contributed by atoms with Crippen LogP contribution in [0.1, 0.15) is 43.0 Å². The molecule has 2 rings (SSSR count). The van der Waals surface area contributed by atoms with Gasteiger partial charge in [-0.1, -0.05) is 34.5 Å². The summed E-state index contributed by atoms with van der Waals surface area (Å²) < 4.78 is 13.8. The van der Waals surface area contributed by atoms with Crippen LogP contribution in [0.15, 0.2) is 18.2 Å². The molecule has 0 heterocycles.